The first-order chi connectivity index (χ1) is 8.78. The lowest BCUT2D eigenvalue weighted by atomic mass is 10.2. The van der Waals surface area contributed by atoms with Crippen LogP contribution in [0.5, 0.6) is 0 Å². The molecule has 0 radical (unpaired) electrons. The maximum Gasteiger partial charge on any atom is 0.264 e. The second kappa shape index (κ2) is 4.99. The second-order valence-electron chi connectivity index (χ2n) is 4.89. The van der Waals surface area contributed by atoms with Crippen LogP contribution in [0.3, 0.4) is 0 Å². The average Bonchev–Trinajstić information content (AvgIpc) is 2.98. The lowest BCUT2D eigenvalue weighted by Gasteiger charge is -2.32. The molecule has 0 spiro atoms. The van der Waals surface area contributed by atoms with E-state index in [9.17, 15) is 4.79 Å². The lowest BCUT2D eigenvalue weighted by molar-refractivity contribution is -0.0165. The molecule has 3 rings (SSSR count). The van der Waals surface area contributed by atoms with E-state index in [0.717, 1.165) is 17.7 Å². The number of thiophene rings is 1. The van der Waals surface area contributed by atoms with Crippen LogP contribution in [-0.4, -0.2) is 43.2 Å². The van der Waals surface area contributed by atoms with Gasteiger partial charge in [-0.2, -0.15) is 0 Å². The molecule has 98 valence electrons. The normalized spacial score (nSPS) is 23.2. The number of morpholine rings is 1. The maximum absolute atomic E-state index is 12.4. The molecule has 1 saturated heterocycles. The Morgan fingerprint density at radius 2 is 2.44 bits per heavy atom. The molecule has 1 aliphatic carbocycles. The first-order valence-electron chi connectivity index (χ1n) is 6.50. The Labute approximate surface area is 111 Å². The molecule has 4 nitrogen and oxygen atoms in total. The predicted octanol–water partition coefficient (Wildman–Crippen LogP) is 1.04. The van der Waals surface area contributed by atoms with Gasteiger partial charge in [0.1, 0.15) is 0 Å². The van der Waals surface area contributed by atoms with Crippen molar-refractivity contribution in [3.05, 3.63) is 21.4 Å². The molecule has 18 heavy (non-hydrogen) atoms. The van der Waals surface area contributed by atoms with Gasteiger partial charge in [-0.25, -0.2) is 0 Å². The van der Waals surface area contributed by atoms with Gasteiger partial charge in [0.05, 0.1) is 17.6 Å². The van der Waals surface area contributed by atoms with E-state index in [1.807, 2.05) is 4.90 Å². The van der Waals surface area contributed by atoms with Gasteiger partial charge in [-0.15, -0.1) is 11.3 Å². The fourth-order valence-electron chi connectivity index (χ4n) is 2.64. The Hall–Kier alpha value is -0.910. The van der Waals surface area contributed by atoms with Crippen molar-refractivity contribution in [1.29, 1.82) is 0 Å². The number of nitrogens with zero attached hydrogens (tertiary/aromatic N) is 1. The quantitative estimate of drug-likeness (QED) is 0.870. The van der Waals surface area contributed by atoms with Crippen LogP contribution in [0.1, 0.15) is 26.5 Å². The van der Waals surface area contributed by atoms with Crippen LogP contribution >= 0.6 is 11.3 Å². The highest BCUT2D eigenvalue weighted by Gasteiger charge is 2.26. The van der Waals surface area contributed by atoms with Crippen LogP contribution in [0.25, 0.3) is 0 Å². The molecule has 1 atom stereocenters. The monoisotopic (exact) mass is 266 g/mol. The van der Waals surface area contributed by atoms with E-state index in [2.05, 4.69) is 6.07 Å². The summed E-state index contributed by atoms with van der Waals surface area (Å²) in [6, 6.07) is 2.09. The third-order valence-corrected chi connectivity index (χ3v) is 4.87. The summed E-state index contributed by atoms with van der Waals surface area (Å²) in [5.41, 5.74) is 6.98. The number of rotatable bonds is 2. The summed E-state index contributed by atoms with van der Waals surface area (Å²) in [6.45, 7) is 2.37. The van der Waals surface area contributed by atoms with E-state index in [4.69, 9.17) is 10.5 Å². The van der Waals surface area contributed by atoms with Crippen LogP contribution in [0.4, 0.5) is 0 Å². The van der Waals surface area contributed by atoms with Gasteiger partial charge in [0.2, 0.25) is 0 Å². The summed E-state index contributed by atoms with van der Waals surface area (Å²) in [6.07, 6.45) is 3.51. The van der Waals surface area contributed by atoms with Crippen molar-refractivity contribution >= 4 is 17.2 Å². The maximum atomic E-state index is 12.4. The Balaban J connectivity index is 1.73. The van der Waals surface area contributed by atoms with E-state index in [0.29, 0.717) is 26.2 Å². The zero-order valence-electron chi connectivity index (χ0n) is 10.4. The van der Waals surface area contributed by atoms with Crippen molar-refractivity contribution in [1.82, 2.24) is 4.90 Å². The van der Waals surface area contributed by atoms with Crippen LogP contribution in [0.15, 0.2) is 6.07 Å². The molecular weight excluding hydrogens is 248 g/mol. The van der Waals surface area contributed by atoms with Crippen molar-refractivity contribution in [2.24, 2.45) is 5.73 Å². The number of amides is 1. The van der Waals surface area contributed by atoms with Gasteiger partial charge in [0.25, 0.3) is 5.91 Å². The summed E-state index contributed by atoms with van der Waals surface area (Å²) in [4.78, 5) is 16.6. The highest BCUT2D eigenvalue weighted by Crippen LogP contribution is 2.31. The third kappa shape index (κ3) is 2.18. The molecule has 0 aromatic carbocycles. The number of hydrogen-bond acceptors (Lipinski definition) is 4. The SMILES string of the molecule is NCC1CN(C(=O)c2cc3c(s2)CCC3)CCO1. The fourth-order valence-corrected chi connectivity index (χ4v) is 3.86. The number of aryl methyl sites for hydroxylation is 2. The zero-order valence-corrected chi connectivity index (χ0v) is 11.2. The Bertz CT molecular complexity index is 436. The van der Waals surface area contributed by atoms with Crippen LogP contribution in [0.2, 0.25) is 0 Å². The van der Waals surface area contributed by atoms with Gasteiger partial charge in [-0.1, -0.05) is 0 Å². The minimum absolute atomic E-state index is 0.00508. The third-order valence-electron chi connectivity index (χ3n) is 3.65. The van der Waals surface area contributed by atoms with Crippen LogP contribution < -0.4 is 5.73 Å². The van der Waals surface area contributed by atoms with Crippen molar-refractivity contribution in [3.8, 4) is 0 Å². The number of ether oxygens (including phenoxy) is 1. The Morgan fingerprint density at radius 3 is 3.22 bits per heavy atom. The first-order valence-corrected chi connectivity index (χ1v) is 7.32. The Kier molecular flexibility index (Phi) is 3.37. The summed E-state index contributed by atoms with van der Waals surface area (Å²) in [5.74, 6) is 0.149. The topological polar surface area (TPSA) is 55.6 Å². The zero-order chi connectivity index (χ0) is 12.5. The molecule has 1 aromatic heterocycles. The lowest BCUT2D eigenvalue weighted by Crippen LogP contribution is -2.48. The molecule has 1 amide bonds. The summed E-state index contributed by atoms with van der Waals surface area (Å²) < 4.78 is 5.49. The molecule has 0 bridgehead atoms. The van der Waals surface area contributed by atoms with E-state index in [1.54, 1.807) is 11.3 Å². The minimum atomic E-state index is -0.00508. The van der Waals surface area contributed by atoms with Crippen molar-refractivity contribution in [2.45, 2.75) is 25.4 Å². The molecular formula is C13H18N2O2S. The van der Waals surface area contributed by atoms with Gasteiger partial charge in [-0.05, 0) is 30.9 Å². The van der Waals surface area contributed by atoms with Crippen LogP contribution in [0, 0.1) is 0 Å². The van der Waals surface area contributed by atoms with E-state index >= 15 is 0 Å². The van der Waals surface area contributed by atoms with Gasteiger partial charge >= 0.3 is 0 Å². The first kappa shape index (κ1) is 12.1. The second-order valence-corrected chi connectivity index (χ2v) is 6.03. The largest absolute Gasteiger partial charge is 0.373 e. The van der Waals surface area contributed by atoms with E-state index < -0.39 is 0 Å². The van der Waals surface area contributed by atoms with Gasteiger partial charge in [0, 0.05) is 24.5 Å². The number of hydrogen-bond donors (Lipinski definition) is 1. The fraction of sp³-hybridized carbons (Fsp3) is 0.615. The highest BCUT2D eigenvalue weighted by atomic mass is 32.1. The summed E-state index contributed by atoms with van der Waals surface area (Å²) in [5, 5.41) is 0. The summed E-state index contributed by atoms with van der Waals surface area (Å²) in [7, 11) is 0. The molecule has 2 heterocycles. The minimum Gasteiger partial charge on any atom is -0.373 e. The van der Waals surface area contributed by atoms with Crippen molar-refractivity contribution < 1.29 is 9.53 Å². The number of fused-ring (bicyclic) bond motifs is 1. The van der Waals surface area contributed by atoms with E-state index in [-0.39, 0.29) is 12.0 Å². The van der Waals surface area contributed by atoms with Crippen molar-refractivity contribution in [3.63, 3.8) is 0 Å². The van der Waals surface area contributed by atoms with Gasteiger partial charge in [0.15, 0.2) is 0 Å². The van der Waals surface area contributed by atoms with E-state index in [1.165, 1.54) is 16.9 Å². The highest BCUT2D eigenvalue weighted by molar-refractivity contribution is 7.14. The predicted molar refractivity (Wildman–Crippen MR) is 71.0 cm³/mol. The average molecular weight is 266 g/mol. The molecule has 2 N–H and O–H groups in total. The molecule has 1 unspecified atom stereocenters. The smallest absolute Gasteiger partial charge is 0.264 e. The van der Waals surface area contributed by atoms with Crippen molar-refractivity contribution in [2.75, 3.05) is 26.2 Å². The Morgan fingerprint density at radius 1 is 1.56 bits per heavy atom. The molecule has 2 aliphatic rings. The van der Waals surface area contributed by atoms with Crippen LogP contribution in [-0.2, 0) is 17.6 Å². The molecule has 0 saturated carbocycles. The van der Waals surface area contributed by atoms with Gasteiger partial charge < -0.3 is 15.4 Å². The number of nitrogens with two attached hydrogens (primary N) is 1. The number of carbonyl (C=O) groups is 1. The molecule has 1 aliphatic heterocycles. The van der Waals surface area contributed by atoms with Gasteiger partial charge in [-0.3, -0.25) is 4.79 Å². The standard InChI is InChI=1S/C13H18N2O2S/c14-7-10-8-15(4-5-17-10)13(16)12-6-9-2-1-3-11(9)18-12/h6,10H,1-5,7-8,14H2. The molecule has 1 aromatic rings. The molecule has 5 heteroatoms. The summed E-state index contributed by atoms with van der Waals surface area (Å²) >= 11 is 1.67. The number of carbonyl (C=O) groups excluding carboxylic acids is 1. The molecule has 1 fully saturated rings.